The van der Waals surface area contributed by atoms with Crippen molar-refractivity contribution in [1.82, 2.24) is 5.32 Å². The third kappa shape index (κ3) is 4.85. The Kier molecular flexibility index (Phi) is 5.44. The fourth-order valence-electron chi connectivity index (χ4n) is 1.94. The first-order valence-electron chi connectivity index (χ1n) is 6.74. The summed E-state index contributed by atoms with van der Waals surface area (Å²) in [6.45, 7) is 0.441. The van der Waals surface area contributed by atoms with Gasteiger partial charge in [-0.25, -0.2) is 0 Å². The largest absolute Gasteiger partial charge is 0.496 e. The molecule has 2 aromatic rings. The quantitative estimate of drug-likeness (QED) is 0.818. The van der Waals surface area contributed by atoms with E-state index in [0.717, 1.165) is 23.4 Å². The number of methoxy groups -OCH3 is 1. The minimum atomic E-state index is -4.35. The number of hydrogen-bond acceptors (Lipinski definition) is 2. The zero-order valence-electron chi connectivity index (χ0n) is 12.3. The third-order valence-corrected chi connectivity index (χ3v) is 3.35. The van der Waals surface area contributed by atoms with Crippen LogP contribution in [0.4, 0.5) is 18.9 Å². The molecule has 0 aromatic heterocycles. The van der Waals surface area contributed by atoms with Crippen molar-refractivity contribution in [3.8, 4) is 5.75 Å². The molecular weight excluding hydrogens is 325 g/mol. The number of nitrogens with one attached hydrogen (secondary N) is 2. The number of para-hydroxylation sites is 1. The van der Waals surface area contributed by atoms with Crippen LogP contribution in [0.5, 0.6) is 5.75 Å². The number of halogens is 3. The van der Waals surface area contributed by atoms with Gasteiger partial charge in [-0.1, -0.05) is 18.2 Å². The van der Waals surface area contributed by atoms with Gasteiger partial charge in [-0.05, 0) is 42.5 Å². The molecule has 23 heavy (non-hydrogen) atoms. The average molecular weight is 340 g/mol. The number of hydrogen-bond donors (Lipinski definition) is 2. The van der Waals surface area contributed by atoms with E-state index in [0.29, 0.717) is 17.3 Å². The molecular formula is C16H15F3N2OS. The van der Waals surface area contributed by atoms with Crippen molar-refractivity contribution in [3.63, 3.8) is 0 Å². The van der Waals surface area contributed by atoms with Gasteiger partial charge in [-0.15, -0.1) is 0 Å². The van der Waals surface area contributed by atoms with Gasteiger partial charge in [0.15, 0.2) is 5.11 Å². The molecule has 0 aliphatic heterocycles. The first kappa shape index (κ1) is 17.1. The molecule has 0 amide bonds. The van der Waals surface area contributed by atoms with Gasteiger partial charge in [-0.2, -0.15) is 13.2 Å². The van der Waals surface area contributed by atoms with Crippen molar-refractivity contribution in [1.29, 1.82) is 0 Å². The maximum atomic E-state index is 12.5. The molecule has 122 valence electrons. The van der Waals surface area contributed by atoms with Crippen LogP contribution in [-0.2, 0) is 12.7 Å². The minimum Gasteiger partial charge on any atom is -0.496 e. The summed E-state index contributed by atoms with van der Waals surface area (Å²) in [5.74, 6) is 0.734. The highest BCUT2D eigenvalue weighted by atomic mass is 32.1. The summed E-state index contributed by atoms with van der Waals surface area (Å²) in [6.07, 6.45) is -4.35. The first-order chi connectivity index (χ1) is 10.9. The summed E-state index contributed by atoms with van der Waals surface area (Å²) in [5, 5.41) is 6.14. The van der Waals surface area contributed by atoms with Gasteiger partial charge in [0.25, 0.3) is 0 Å². The highest BCUT2D eigenvalue weighted by Crippen LogP contribution is 2.29. The van der Waals surface area contributed by atoms with E-state index in [2.05, 4.69) is 10.6 Å². The van der Waals surface area contributed by atoms with Crippen molar-refractivity contribution in [3.05, 3.63) is 59.7 Å². The minimum absolute atomic E-state index is 0.315. The molecule has 3 nitrogen and oxygen atoms in total. The van der Waals surface area contributed by atoms with E-state index < -0.39 is 11.7 Å². The summed E-state index contributed by atoms with van der Waals surface area (Å²) in [5.41, 5.74) is 0.707. The Morgan fingerprint density at radius 3 is 2.35 bits per heavy atom. The molecule has 2 N–H and O–H groups in total. The Balaban J connectivity index is 1.92. The number of ether oxygens (including phenoxy) is 1. The summed E-state index contributed by atoms with van der Waals surface area (Å²) in [6, 6.07) is 12.2. The maximum Gasteiger partial charge on any atom is 0.416 e. The number of benzene rings is 2. The van der Waals surface area contributed by atoms with Gasteiger partial charge in [0, 0.05) is 17.8 Å². The van der Waals surface area contributed by atoms with Gasteiger partial charge >= 0.3 is 6.18 Å². The van der Waals surface area contributed by atoms with Crippen LogP contribution < -0.4 is 15.4 Å². The van der Waals surface area contributed by atoms with Crippen molar-refractivity contribution >= 4 is 23.0 Å². The van der Waals surface area contributed by atoms with E-state index in [1.54, 1.807) is 7.11 Å². The summed E-state index contributed by atoms with van der Waals surface area (Å²) in [7, 11) is 1.58. The van der Waals surface area contributed by atoms with E-state index in [-0.39, 0.29) is 0 Å². The second-order valence-corrected chi connectivity index (χ2v) is 5.10. The molecule has 0 aliphatic rings. The van der Waals surface area contributed by atoms with E-state index in [1.807, 2.05) is 24.3 Å². The van der Waals surface area contributed by atoms with E-state index >= 15 is 0 Å². The van der Waals surface area contributed by atoms with E-state index in [9.17, 15) is 13.2 Å². The second-order valence-electron chi connectivity index (χ2n) is 4.69. The molecule has 0 spiro atoms. The van der Waals surface area contributed by atoms with Gasteiger partial charge in [0.2, 0.25) is 0 Å². The lowest BCUT2D eigenvalue weighted by molar-refractivity contribution is -0.137. The molecule has 0 saturated heterocycles. The second kappa shape index (κ2) is 7.32. The van der Waals surface area contributed by atoms with Crippen LogP contribution in [0.2, 0.25) is 0 Å². The predicted octanol–water partition coefficient (Wildman–Crippen LogP) is 4.20. The van der Waals surface area contributed by atoms with Crippen molar-refractivity contribution < 1.29 is 17.9 Å². The number of anilines is 1. The third-order valence-electron chi connectivity index (χ3n) is 3.10. The van der Waals surface area contributed by atoms with Crippen LogP contribution in [0, 0.1) is 0 Å². The number of alkyl halides is 3. The normalized spacial score (nSPS) is 11.0. The topological polar surface area (TPSA) is 33.3 Å². The van der Waals surface area contributed by atoms with E-state index in [4.69, 9.17) is 17.0 Å². The van der Waals surface area contributed by atoms with Crippen molar-refractivity contribution in [2.45, 2.75) is 12.7 Å². The van der Waals surface area contributed by atoms with Crippen molar-refractivity contribution in [2.75, 3.05) is 12.4 Å². The molecule has 0 fully saturated rings. The lowest BCUT2D eigenvalue weighted by Crippen LogP contribution is -2.28. The highest BCUT2D eigenvalue weighted by molar-refractivity contribution is 7.80. The lowest BCUT2D eigenvalue weighted by atomic mass is 10.2. The molecule has 0 bridgehead atoms. The standard InChI is InChI=1S/C16H15F3N2OS/c1-22-14-5-3-2-4-11(14)10-20-15(23)21-13-8-6-12(7-9-13)16(17,18)19/h2-9H,10H2,1H3,(H2,20,21,23). The Morgan fingerprint density at radius 2 is 1.74 bits per heavy atom. The van der Waals surface area contributed by atoms with Crippen LogP contribution in [0.1, 0.15) is 11.1 Å². The predicted molar refractivity (Wildman–Crippen MR) is 87.5 cm³/mol. The molecule has 0 atom stereocenters. The lowest BCUT2D eigenvalue weighted by Gasteiger charge is -2.13. The Bertz CT molecular complexity index is 672. The smallest absolute Gasteiger partial charge is 0.416 e. The van der Waals surface area contributed by atoms with Gasteiger partial charge in [-0.3, -0.25) is 0 Å². The zero-order valence-corrected chi connectivity index (χ0v) is 13.1. The summed E-state index contributed by atoms with van der Waals surface area (Å²) in [4.78, 5) is 0. The maximum absolute atomic E-state index is 12.5. The van der Waals surface area contributed by atoms with Gasteiger partial charge in [0.1, 0.15) is 5.75 Å². The average Bonchev–Trinajstić information content (AvgIpc) is 2.53. The van der Waals surface area contributed by atoms with Crippen LogP contribution >= 0.6 is 12.2 Å². The zero-order chi connectivity index (χ0) is 16.9. The fourth-order valence-corrected chi connectivity index (χ4v) is 2.13. The molecule has 7 heteroatoms. The molecule has 0 radical (unpaired) electrons. The Morgan fingerprint density at radius 1 is 1.09 bits per heavy atom. The van der Waals surface area contributed by atoms with Crippen LogP contribution in [0.3, 0.4) is 0 Å². The number of rotatable bonds is 4. The molecule has 2 rings (SSSR count). The molecule has 0 aliphatic carbocycles. The number of thiocarbonyl (C=S) groups is 1. The molecule has 0 heterocycles. The SMILES string of the molecule is COc1ccccc1CNC(=S)Nc1ccc(C(F)(F)F)cc1. The molecule has 2 aromatic carbocycles. The van der Waals surface area contributed by atoms with E-state index in [1.165, 1.54) is 12.1 Å². The van der Waals surface area contributed by atoms with Crippen LogP contribution in [0.15, 0.2) is 48.5 Å². The van der Waals surface area contributed by atoms with Gasteiger partial charge < -0.3 is 15.4 Å². The fraction of sp³-hybridized carbons (Fsp3) is 0.188. The van der Waals surface area contributed by atoms with Crippen molar-refractivity contribution in [2.24, 2.45) is 0 Å². The van der Waals surface area contributed by atoms with Crippen LogP contribution in [-0.4, -0.2) is 12.2 Å². The molecule has 0 saturated carbocycles. The summed E-state index contributed by atoms with van der Waals surface area (Å²) >= 11 is 5.14. The summed E-state index contributed by atoms with van der Waals surface area (Å²) < 4.78 is 42.7. The molecule has 0 unspecified atom stereocenters. The Hall–Kier alpha value is -2.28. The monoisotopic (exact) mass is 340 g/mol. The highest BCUT2D eigenvalue weighted by Gasteiger charge is 2.29. The Labute approximate surface area is 137 Å². The first-order valence-corrected chi connectivity index (χ1v) is 7.15. The van der Waals surface area contributed by atoms with Gasteiger partial charge in [0.05, 0.1) is 12.7 Å². The van der Waals surface area contributed by atoms with Crippen LogP contribution in [0.25, 0.3) is 0 Å².